The number of hydrogen-bond donors (Lipinski definition) is 2. The molecule has 2 N–H and O–H groups in total. The largest absolute Gasteiger partial charge is 0.469 e. The molecule has 0 heterocycles. The van der Waals surface area contributed by atoms with Gasteiger partial charge >= 0.3 is 5.97 Å². The van der Waals surface area contributed by atoms with E-state index in [9.17, 15) is 4.79 Å². The molecule has 152 valence electrons. The van der Waals surface area contributed by atoms with E-state index < -0.39 is 0 Å². The molecule has 2 atom stereocenters. The molecule has 2 aromatic carbocycles. The van der Waals surface area contributed by atoms with Gasteiger partial charge in [0.2, 0.25) is 0 Å². The Balaban J connectivity index is 1.88. The number of benzene rings is 2. The molecule has 0 fully saturated rings. The number of ether oxygens (including phenoxy) is 1. The van der Waals surface area contributed by atoms with Crippen LogP contribution in [-0.4, -0.2) is 25.7 Å². The van der Waals surface area contributed by atoms with Gasteiger partial charge in [-0.25, -0.2) is 0 Å². The summed E-state index contributed by atoms with van der Waals surface area (Å²) in [6.07, 6.45) is 1.54. The van der Waals surface area contributed by atoms with Gasteiger partial charge in [-0.3, -0.25) is 14.5 Å². The highest BCUT2D eigenvalue weighted by molar-refractivity contribution is 5.73. The second kappa shape index (κ2) is 13.0. The molecule has 28 heavy (non-hydrogen) atoms. The summed E-state index contributed by atoms with van der Waals surface area (Å²) in [6, 6.07) is 19.5. The van der Waals surface area contributed by atoms with Gasteiger partial charge in [0.05, 0.1) is 32.3 Å². The van der Waals surface area contributed by atoms with E-state index in [1.807, 2.05) is 67.6 Å². The molecule has 0 aliphatic heterocycles. The first-order valence-electron chi connectivity index (χ1n) is 9.62. The van der Waals surface area contributed by atoms with Gasteiger partial charge in [-0.2, -0.15) is 11.0 Å². The normalized spacial score (nSPS) is 13.1. The Hall–Kier alpha value is -2.25. The third-order valence-corrected chi connectivity index (χ3v) is 4.39. The summed E-state index contributed by atoms with van der Waals surface area (Å²) in [7, 11) is 1.40. The SMILES string of the molecule is CCC[C@H](C(=O)OC)[C@H](CONCc1ccccc1)NOCc1ccccc1. The Morgan fingerprint density at radius 2 is 1.61 bits per heavy atom. The molecule has 0 radical (unpaired) electrons. The van der Waals surface area contributed by atoms with E-state index in [2.05, 4.69) is 11.0 Å². The first kappa shape index (κ1) is 22.0. The van der Waals surface area contributed by atoms with Crippen molar-refractivity contribution in [3.8, 4) is 0 Å². The zero-order valence-electron chi connectivity index (χ0n) is 16.6. The van der Waals surface area contributed by atoms with E-state index in [1.165, 1.54) is 7.11 Å². The maximum absolute atomic E-state index is 12.2. The van der Waals surface area contributed by atoms with Crippen molar-refractivity contribution >= 4 is 5.97 Å². The molecular weight excluding hydrogens is 356 g/mol. The predicted molar refractivity (Wildman–Crippen MR) is 108 cm³/mol. The molecule has 0 aromatic heterocycles. The van der Waals surface area contributed by atoms with E-state index >= 15 is 0 Å². The van der Waals surface area contributed by atoms with Crippen LogP contribution in [0.25, 0.3) is 0 Å². The first-order valence-corrected chi connectivity index (χ1v) is 9.62. The second-order valence-electron chi connectivity index (χ2n) is 6.53. The minimum absolute atomic E-state index is 0.265. The molecule has 6 nitrogen and oxygen atoms in total. The number of rotatable bonds is 13. The first-order chi connectivity index (χ1) is 13.7. The van der Waals surface area contributed by atoms with E-state index in [0.29, 0.717) is 19.6 Å². The topological polar surface area (TPSA) is 68.8 Å². The van der Waals surface area contributed by atoms with Gasteiger partial charge in [0.15, 0.2) is 0 Å². The van der Waals surface area contributed by atoms with Crippen LogP contribution in [0.15, 0.2) is 60.7 Å². The maximum Gasteiger partial charge on any atom is 0.310 e. The lowest BCUT2D eigenvalue weighted by molar-refractivity contribution is -0.151. The maximum atomic E-state index is 12.2. The summed E-state index contributed by atoms with van der Waals surface area (Å²) in [5, 5.41) is 0. The summed E-state index contributed by atoms with van der Waals surface area (Å²) in [4.78, 5) is 23.5. The monoisotopic (exact) mass is 386 g/mol. The highest BCUT2D eigenvalue weighted by Gasteiger charge is 2.29. The average Bonchev–Trinajstić information content (AvgIpc) is 2.75. The second-order valence-corrected chi connectivity index (χ2v) is 6.53. The summed E-state index contributed by atoms with van der Waals surface area (Å²) in [5.74, 6) is -0.626. The van der Waals surface area contributed by atoms with Crippen LogP contribution in [0.4, 0.5) is 0 Å². The number of hydrogen-bond acceptors (Lipinski definition) is 6. The molecule has 2 aromatic rings. The fourth-order valence-corrected chi connectivity index (χ4v) is 2.86. The van der Waals surface area contributed by atoms with Crippen molar-refractivity contribution in [3.63, 3.8) is 0 Å². The van der Waals surface area contributed by atoms with Crippen LogP contribution < -0.4 is 11.0 Å². The molecule has 2 rings (SSSR count). The van der Waals surface area contributed by atoms with E-state index in [-0.39, 0.29) is 24.5 Å². The average molecular weight is 386 g/mol. The Morgan fingerprint density at radius 1 is 0.964 bits per heavy atom. The lowest BCUT2D eigenvalue weighted by atomic mass is 9.96. The van der Waals surface area contributed by atoms with Gasteiger partial charge in [-0.1, -0.05) is 74.0 Å². The molecule has 0 saturated heterocycles. The highest BCUT2D eigenvalue weighted by atomic mass is 16.7. The molecule has 0 saturated carbocycles. The number of carbonyl (C=O) groups excluding carboxylic acids is 1. The highest BCUT2D eigenvalue weighted by Crippen LogP contribution is 2.15. The third-order valence-electron chi connectivity index (χ3n) is 4.39. The van der Waals surface area contributed by atoms with Crippen LogP contribution >= 0.6 is 0 Å². The molecule has 0 aliphatic rings. The van der Waals surface area contributed by atoms with Crippen LogP contribution in [-0.2, 0) is 32.4 Å². The van der Waals surface area contributed by atoms with Gasteiger partial charge in [-0.05, 0) is 17.5 Å². The lowest BCUT2D eigenvalue weighted by Gasteiger charge is -2.25. The lowest BCUT2D eigenvalue weighted by Crippen LogP contribution is -2.45. The molecule has 0 unspecified atom stereocenters. The van der Waals surface area contributed by atoms with E-state index in [0.717, 1.165) is 17.5 Å². The fraction of sp³-hybridized carbons (Fsp3) is 0.409. The zero-order chi connectivity index (χ0) is 20.0. The molecule has 0 spiro atoms. The van der Waals surface area contributed by atoms with Crippen LogP contribution in [0.3, 0.4) is 0 Å². The third kappa shape index (κ3) is 7.78. The molecule has 0 amide bonds. The minimum atomic E-state index is -0.357. The van der Waals surface area contributed by atoms with Crippen molar-refractivity contribution in [1.82, 2.24) is 11.0 Å². The quantitative estimate of drug-likeness (QED) is 0.312. The van der Waals surface area contributed by atoms with Gasteiger partial charge in [0, 0.05) is 6.54 Å². The van der Waals surface area contributed by atoms with Crippen molar-refractivity contribution in [3.05, 3.63) is 71.8 Å². The Bertz CT molecular complexity index is 667. The van der Waals surface area contributed by atoms with Crippen LogP contribution in [0.5, 0.6) is 0 Å². The smallest absolute Gasteiger partial charge is 0.310 e. The van der Waals surface area contributed by atoms with Crippen LogP contribution in [0, 0.1) is 5.92 Å². The summed E-state index contributed by atoms with van der Waals surface area (Å²) < 4.78 is 4.98. The number of nitrogens with one attached hydrogen (secondary N) is 2. The molecule has 6 heteroatoms. The van der Waals surface area contributed by atoms with Crippen LogP contribution in [0.1, 0.15) is 30.9 Å². The van der Waals surface area contributed by atoms with E-state index in [4.69, 9.17) is 14.4 Å². The van der Waals surface area contributed by atoms with Crippen molar-refractivity contribution in [2.75, 3.05) is 13.7 Å². The molecule has 0 aliphatic carbocycles. The van der Waals surface area contributed by atoms with Crippen molar-refractivity contribution in [2.24, 2.45) is 5.92 Å². The Labute approximate surface area is 167 Å². The molecule has 0 bridgehead atoms. The summed E-state index contributed by atoms with van der Waals surface area (Å²) in [5.41, 5.74) is 8.11. The van der Waals surface area contributed by atoms with Crippen molar-refractivity contribution in [2.45, 2.75) is 39.0 Å². The van der Waals surface area contributed by atoms with Crippen LogP contribution in [0.2, 0.25) is 0 Å². The molecular formula is C22H30N2O4. The van der Waals surface area contributed by atoms with E-state index in [1.54, 1.807) is 0 Å². The number of esters is 1. The standard InChI is InChI=1S/C22H30N2O4/c1-3-10-20(22(25)26-2)21(24-28-16-19-13-8-5-9-14-19)17-27-23-15-18-11-6-4-7-12-18/h4-9,11-14,20-21,23-24H,3,10,15-17H2,1-2H3/t20-,21-/m0/s1. The Morgan fingerprint density at radius 3 is 2.21 bits per heavy atom. The predicted octanol–water partition coefficient (Wildman–Crippen LogP) is 3.39. The van der Waals surface area contributed by atoms with Gasteiger partial charge < -0.3 is 4.74 Å². The number of carbonyl (C=O) groups is 1. The van der Waals surface area contributed by atoms with Crippen molar-refractivity contribution < 1.29 is 19.2 Å². The zero-order valence-corrected chi connectivity index (χ0v) is 16.6. The summed E-state index contributed by atoms with van der Waals surface area (Å²) in [6.45, 7) is 3.28. The fourth-order valence-electron chi connectivity index (χ4n) is 2.86. The van der Waals surface area contributed by atoms with Crippen molar-refractivity contribution in [1.29, 1.82) is 0 Å². The Kier molecular flexibility index (Phi) is 10.2. The van der Waals surface area contributed by atoms with Gasteiger partial charge in [0.1, 0.15) is 0 Å². The van der Waals surface area contributed by atoms with Gasteiger partial charge in [0.25, 0.3) is 0 Å². The summed E-state index contributed by atoms with van der Waals surface area (Å²) >= 11 is 0. The number of hydroxylamine groups is 2. The minimum Gasteiger partial charge on any atom is -0.469 e. The number of methoxy groups -OCH3 is 1. The van der Waals surface area contributed by atoms with Gasteiger partial charge in [-0.15, -0.1) is 0 Å².